The first-order valence-electron chi connectivity index (χ1n) is 7.07. The number of amides is 1. The van der Waals surface area contributed by atoms with Crippen molar-refractivity contribution in [2.75, 3.05) is 39.8 Å². The third-order valence-corrected chi connectivity index (χ3v) is 4.20. The van der Waals surface area contributed by atoms with E-state index in [9.17, 15) is 4.79 Å². The van der Waals surface area contributed by atoms with Gasteiger partial charge in [-0.3, -0.25) is 9.69 Å². The summed E-state index contributed by atoms with van der Waals surface area (Å²) in [5.41, 5.74) is 0. The van der Waals surface area contributed by atoms with E-state index < -0.39 is 0 Å². The summed E-state index contributed by atoms with van der Waals surface area (Å²) < 4.78 is 0. The number of likely N-dealkylation sites (N-methyl/N-ethyl adjacent to an activating group) is 1. The maximum atomic E-state index is 12.4. The highest BCUT2D eigenvalue weighted by Gasteiger charge is 2.31. The Bertz CT molecular complexity index is 289. The van der Waals surface area contributed by atoms with Gasteiger partial charge in [0, 0.05) is 44.8 Å². The molecule has 0 spiro atoms. The molecule has 1 amide bonds. The monoisotopic (exact) mass is 254 g/mol. The van der Waals surface area contributed by atoms with Gasteiger partial charge in [-0.05, 0) is 20.4 Å². The number of hydrogen-bond donors (Lipinski definition) is 2. The Morgan fingerprint density at radius 1 is 1.28 bits per heavy atom. The summed E-state index contributed by atoms with van der Waals surface area (Å²) in [6.45, 7) is 8.68. The molecule has 5 heteroatoms. The average molecular weight is 254 g/mol. The minimum Gasteiger partial charge on any atom is -0.338 e. The molecular weight excluding hydrogens is 228 g/mol. The van der Waals surface area contributed by atoms with Crippen molar-refractivity contribution in [1.82, 2.24) is 20.4 Å². The van der Waals surface area contributed by atoms with E-state index in [2.05, 4.69) is 36.4 Å². The standard InChI is InChI=1S/C13H26N4O/c1-4-11-9-17(6-5-16(11)3)13(18)12-8-14-10(2)7-15-12/h10-12,14-15H,4-9H2,1-3H3. The van der Waals surface area contributed by atoms with Crippen LogP contribution >= 0.6 is 0 Å². The third kappa shape index (κ3) is 3.02. The zero-order valence-electron chi connectivity index (χ0n) is 11.8. The molecule has 0 aromatic heterocycles. The van der Waals surface area contributed by atoms with Crippen molar-refractivity contribution >= 4 is 5.91 Å². The molecule has 2 heterocycles. The predicted octanol–water partition coefficient (Wildman–Crippen LogP) is -0.511. The van der Waals surface area contributed by atoms with Crippen molar-refractivity contribution in [3.63, 3.8) is 0 Å². The van der Waals surface area contributed by atoms with Crippen LogP contribution in [0.15, 0.2) is 0 Å². The second-order valence-electron chi connectivity index (χ2n) is 5.60. The Labute approximate surface area is 110 Å². The van der Waals surface area contributed by atoms with E-state index in [4.69, 9.17) is 0 Å². The molecule has 2 rings (SSSR count). The molecule has 0 aliphatic carbocycles. The van der Waals surface area contributed by atoms with Gasteiger partial charge in [0.25, 0.3) is 0 Å². The Morgan fingerprint density at radius 2 is 2.06 bits per heavy atom. The lowest BCUT2D eigenvalue weighted by molar-refractivity contribution is -0.136. The lowest BCUT2D eigenvalue weighted by atomic mass is 10.1. The summed E-state index contributed by atoms with van der Waals surface area (Å²) in [4.78, 5) is 16.8. The molecule has 5 nitrogen and oxygen atoms in total. The summed E-state index contributed by atoms with van der Waals surface area (Å²) in [5, 5.41) is 6.71. The van der Waals surface area contributed by atoms with Gasteiger partial charge in [0.2, 0.25) is 5.91 Å². The van der Waals surface area contributed by atoms with Gasteiger partial charge >= 0.3 is 0 Å². The van der Waals surface area contributed by atoms with Gasteiger partial charge in [0.05, 0.1) is 6.04 Å². The van der Waals surface area contributed by atoms with E-state index in [-0.39, 0.29) is 11.9 Å². The molecule has 0 radical (unpaired) electrons. The van der Waals surface area contributed by atoms with Crippen molar-refractivity contribution < 1.29 is 4.79 Å². The molecule has 2 fully saturated rings. The second kappa shape index (κ2) is 5.99. The van der Waals surface area contributed by atoms with Crippen LogP contribution in [0.1, 0.15) is 20.3 Å². The zero-order valence-corrected chi connectivity index (χ0v) is 11.8. The quantitative estimate of drug-likeness (QED) is 0.697. The molecule has 0 aromatic rings. The van der Waals surface area contributed by atoms with E-state index in [1.165, 1.54) is 0 Å². The van der Waals surface area contributed by atoms with E-state index in [0.29, 0.717) is 12.1 Å². The van der Waals surface area contributed by atoms with Gasteiger partial charge in [-0.15, -0.1) is 0 Å². The minimum atomic E-state index is -0.0397. The zero-order chi connectivity index (χ0) is 13.1. The highest BCUT2D eigenvalue weighted by Crippen LogP contribution is 2.12. The molecule has 0 bridgehead atoms. The molecule has 2 aliphatic heterocycles. The highest BCUT2D eigenvalue weighted by atomic mass is 16.2. The second-order valence-corrected chi connectivity index (χ2v) is 5.60. The predicted molar refractivity (Wildman–Crippen MR) is 72.5 cm³/mol. The van der Waals surface area contributed by atoms with Gasteiger partial charge < -0.3 is 15.5 Å². The first kappa shape index (κ1) is 13.8. The van der Waals surface area contributed by atoms with Crippen molar-refractivity contribution in [3.8, 4) is 0 Å². The van der Waals surface area contributed by atoms with Crippen LogP contribution in [0.25, 0.3) is 0 Å². The van der Waals surface area contributed by atoms with Crippen LogP contribution < -0.4 is 10.6 Å². The SMILES string of the molecule is CCC1CN(C(=O)C2CNC(C)CN2)CCN1C. The summed E-state index contributed by atoms with van der Waals surface area (Å²) in [7, 11) is 2.15. The summed E-state index contributed by atoms with van der Waals surface area (Å²) in [6.07, 6.45) is 1.10. The molecule has 3 unspecified atom stereocenters. The molecule has 18 heavy (non-hydrogen) atoms. The fraction of sp³-hybridized carbons (Fsp3) is 0.923. The molecule has 104 valence electrons. The number of piperazine rings is 2. The topological polar surface area (TPSA) is 47.6 Å². The Morgan fingerprint density at radius 3 is 2.67 bits per heavy atom. The van der Waals surface area contributed by atoms with Crippen LogP contribution in [0.4, 0.5) is 0 Å². The van der Waals surface area contributed by atoms with Crippen molar-refractivity contribution in [3.05, 3.63) is 0 Å². The van der Waals surface area contributed by atoms with E-state index in [1.807, 2.05) is 4.90 Å². The number of nitrogens with zero attached hydrogens (tertiary/aromatic N) is 2. The number of carbonyl (C=O) groups excluding carboxylic acids is 1. The Hall–Kier alpha value is -0.650. The van der Waals surface area contributed by atoms with Crippen molar-refractivity contribution in [2.45, 2.75) is 38.4 Å². The largest absolute Gasteiger partial charge is 0.338 e. The van der Waals surface area contributed by atoms with Crippen molar-refractivity contribution in [1.29, 1.82) is 0 Å². The molecule has 0 aromatic carbocycles. The van der Waals surface area contributed by atoms with Crippen LogP contribution in [0.5, 0.6) is 0 Å². The summed E-state index contributed by atoms with van der Waals surface area (Å²) >= 11 is 0. The van der Waals surface area contributed by atoms with Gasteiger partial charge in [-0.1, -0.05) is 6.92 Å². The first-order chi connectivity index (χ1) is 8.61. The molecule has 0 saturated carbocycles. The van der Waals surface area contributed by atoms with Gasteiger partial charge in [-0.25, -0.2) is 0 Å². The van der Waals surface area contributed by atoms with Gasteiger partial charge in [0.1, 0.15) is 0 Å². The maximum Gasteiger partial charge on any atom is 0.241 e. The van der Waals surface area contributed by atoms with Gasteiger partial charge in [0.15, 0.2) is 0 Å². The van der Waals surface area contributed by atoms with Gasteiger partial charge in [-0.2, -0.15) is 0 Å². The van der Waals surface area contributed by atoms with Crippen LogP contribution in [0, 0.1) is 0 Å². The third-order valence-electron chi connectivity index (χ3n) is 4.20. The fourth-order valence-electron chi connectivity index (χ4n) is 2.76. The normalized spacial score (nSPS) is 34.6. The van der Waals surface area contributed by atoms with Crippen LogP contribution in [-0.4, -0.2) is 73.6 Å². The van der Waals surface area contributed by atoms with Crippen LogP contribution in [-0.2, 0) is 4.79 Å². The minimum absolute atomic E-state index is 0.0397. The number of carbonyl (C=O) groups is 1. The van der Waals surface area contributed by atoms with E-state index >= 15 is 0 Å². The van der Waals surface area contributed by atoms with Crippen LogP contribution in [0.2, 0.25) is 0 Å². The molecule has 3 atom stereocenters. The van der Waals surface area contributed by atoms with E-state index in [0.717, 1.165) is 39.1 Å². The highest BCUT2D eigenvalue weighted by molar-refractivity contribution is 5.82. The maximum absolute atomic E-state index is 12.4. The van der Waals surface area contributed by atoms with Crippen LogP contribution in [0.3, 0.4) is 0 Å². The number of rotatable bonds is 2. The molecule has 2 N–H and O–H groups in total. The lowest BCUT2D eigenvalue weighted by Crippen LogP contribution is -2.62. The lowest BCUT2D eigenvalue weighted by Gasteiger charge is -2.41. The van der Waals surface area contributed by atoms with Crippen molar-refractivity contribution in [2.24, 2.45) is 0 Å². The summed E-state index contributed by atoms with van der Waals surface area (Å²) in [6, 6.07) is 0.935. The Kier molecular flexibility index (Phi) is 4.59. The average Bonchev–Trinajstić information content (AvgIpc) is 2.39. The summed E-state index contributed by atoms with van der Waals surface area (Å²) in [5.74, 6) is 0.265. The molecule has 2 saturated heterocycles. The number of nitrogens with one attached hydrogen (secondary N) is 2. The van der Waals surface area contributed by atoms with E-state index in [1.54, 1.807) is 0 Å². The fourth-order valence-corrected chi connectivity index (χ4v) is 2.76. The molecule has 2 aliphatic rings. The first-order valence-corrected chi connectivity index (χ1v) is 7.07. The number of hydrogen-bond acceptors (Lipinski definition) is 4. The molecular formula is C13H26N4O. The Balaban J connectivity index is 1.89. The smallest absolute Gasteiger partial charge is 0.241 e.